The molecule has 1 aromatic heterocycles. The second kappa shape index (κ2) is 5.96. The van der Waals surface area contributed by atoms with Crippen LogP contribution in [-0.4, -0.2) is 29.0 Å². The van der Waals surface area contributed by atoms with E-state index in [4.69, 9.17) is 10.6 Å². The van der Waals surface area contributed by atoms with Crippen molar-refractivity contribution in [2.75, 3.05) is 24.4 Å². The van der Waals surface area contributed by atoms with E-state index in [9.17, 15) is 0 Å². The van der Waals surface area contributed by atoms with Crippen LogP contribution in [0.1, 0.15) is 5.56 Å². The van der Waals surface area contributed by atoms with E-state index in [2.05, 4.69) is 20.4 Å². The molecule has 0 aliphatic rings. The molecule has 0 spiro atoms. The van der Waals surface area contributed by atoms with Gasteiger partial charge in [-0.15, -0.1) is 0 Å². The van der Waals surface area contributed by atoms with Crippen LogP contribution >= 0.6 is 0 Å². The smallest absolute Gasteiger partial charge is 0.323 e. The highest BCUT2D eigenvalue weighted by Gasteiger charge is 2.08. The first-order valence-corrected chi connectivity index (χ1v) is 5.76. The van der Waals surface area contributed by atoms with Crippen LogP contribution in [-0.2, 0) is 6.61 Å². The van der Waals surface area contributed by atoms with E-state index in [-0.39, 0.29) is 12.0 Å². The fourth-order valence-electron chi connectivity index (χ4n) is 1.40. The third-order valence-electron chi connectivity index (χ3n) is 2.34. The monoisotopic (exact) mass is 260 g/mol. The molecule has 0 fully saturated rings. The average Bonchev–Trinajstić information content (AvgIpc) is 2.45. The summed E-state index contributed by atoms with van der Waals surface area (Å²) in [6, 6.07) is 10.0. The Morgan fingerprint density at radius 1 is 1.16 bits per heavy atom. The van der Waals surface area contributed by atoms with Crippen LogP contribution in [0.2, 0.25) is 0 Å². The SMILES string of the molecule is CN(C)c1nc(NN)nc(OCc2ccccc2)n1. The second-order valence-electron chi connectivity index (χ2n) is 4.05. The lowest BCUT2D eigenvalue weighted by Crippen LogP contribution is -2.18. The molecule has 3 N–H and O–H groups in total. The molecule has 0 atom stereocenters. The number of ether oxygens (including phenoxy) is 1. The minimum absolute atomic E-state index is 0.232. The topological polar surface area (TPSA) is 89.2 Å². The molecule has 0 amide bonds. The number of anilines is 2. The van der Waals surface area contributed by atoms with Gasteiger partial charge < -0.3 is 9.64 Å². The number of nitrogens with two attached hydrogens (primary N) is 1. The predicted octanol–water partition coefficient (Wildman–Crippen LogP) is 0.802. The van der Waals surface area contributed by atoms with Crippen molar-refractivity contribution in [1.29, 1.82) is 0 Å². The summed E-state index contributed by atoms with van der Waals surface area (Å²) in [7, 11) is 3.66. The molecule has 2 aromatic rings. The molecule has 1 heterocycles. The van der Waals surface area contributed by atoms with Crippen molar-refractivity contribution in [3.05, 3.63) is 35.9 Å². The molecule has 0 aliphatic heterocycles. The molecule has 0 unspecified atom stereocenters. The van der Waals surface area contributed by atoms with Crippen molar-refractivity contribution in [1.82, 2.24) is 15.0 Å². The largest absolute Gasteiger partial charge is 0.458 e. The summed E-state index contributed by atoms with van der Waals surface area (Å²) in [6.07, 6.45) is 0. The van der Waals surface area contributed by atoms with Crippen LogP contribution in [0.4, 0.5) is 11.9 Å². The van der Waals surface area contributed by atoms with Gasteiger partial charge in [-0.25, -0.2) is 5.84 Å². The van der Waals surface area contributed by atoms with Crippen LogP contribution in [0.15, 0.2) is 30.3 Å². The van der Waals surface area contributed by atoms with E-state index in [1.54, 1.807) is 4.90 Å². The molecule has 7 nitrogen and oxygen atoms in total. The molecule has 7 heteroatoms. The summed E-state index contributed by atoms with van der Waals surface area (Å²) < 4.78 is 5.54. The zero-order chi connectivity index (χ0) is 13.7. The molecule has 2 rings (SSSR count). The van der Waals surface area contributed by atoms with Crippen molar-refractivity contribution in [2.24, 2.45) is 5.84 Å². The van der Waals surface area contributed by atoms with Gasteiger partial charge in [0, 0.05) is 14.1 Å². The number of nitrogens with one attached hydrogen (secondary N) is 1. The summed E-state index contributed by atoms with van der Waals surface area (Å²) in [4.78, 5) is 14.1. The van der Waals surface area contributed by atoms with Gasteiger partial charge in [0.25, 0.3) is 0 Å². The molecule has 0 aliphatic carbocycles. The zero-order valence-electron chi connectivity index (χ0n) is 10.9. The molecule has 0 saturated carbocycles. The average molecular weight is 260 g/mol. The maximum absolute atomic E-state index is 5.54. The molecule has 100 valence electrons. The van der Waals surface area contributed by atoms with Crippen LogP contribution in [0.25, 0.3) is 0 Å². The summed E-state index contributed by atoms with van der Waals surface area (Å²) in [6.45, 7) is 0.391. The standard InChI is InChI=1S/C12H16N6O/c1-18(2)11-14-10(17-13)15-12(16-11)19-8-9-6-4-3-5-7-9/h3-7H,8,13H2,1-2H3,(H,14,15,16,17). The summed E-state index contributed by atoms with van der Waals surface area (Å²) in [5.41, 5.74) is 3.43. The Morgan fingerprint density at radius 3 is 2.53 bits per heavy atom. The van der Waals surface area contributed by atoms with Crippen LogP contribution in [0.3, 0.4) is 0 Å². The lowest BCUT2D eigenvalue weighted by atomic mass is 10.2. The van der Waals surface area contributed by atoms with Crippen molar-refractivity contribution >= 4 is 11.9 Å². The Hall–Kier alpha value is -2.41. The third-order valence-corrected chi connectivity index (χ3v) is 2.34. The molecule has 0 bridgehead atoms. The number of hydrogen-bond acceptors (Lipinski definition) is 7. The van der Waals surface area contributed by atoms with Crippen LogP contribution in [0.5, 0.6) is 6.01 Å². The maximum atomic E-state index is 5.54. The quantitative estimate of drug-likeness (QED) is 0.607. The van der Waals surface area contributed by atoms with Gasteiger partial charge in [-0.1, -0.05) is 30.3 Å². The van der Waals surface area contributed by atoms with Crippen molar-refractivity contribution < 1.29 is 4.74 Å². The minimum atomic E-state index is 0.232. The van der Waals surface area contributed by atoms with E-state index < -0.39 is 0 Å². The number of rotatable bonds is 5. The molecule has 1 aromatic carbocycles. The molecular formula is C12H16N6O. The number of aromatic nitrogens is 3. The van der Waals surface area contributed by atoms with Gasteiger partial charge in [0.2, 0.25) is 11.9 Å². The van der Waals surface area contributed by atoms with E-state index >= 15 is 0 Å². The molecule has 0 saturated heterocycles. The fourth-order valence-corrected chi connectivity index (χ4v) is 1.40. The Balaban J connectivity index is 2.13. The zero-order valence-corrected chi connectivity index (χ0v) is 10.9. The van der Waals surface area contributed by atoms with E-state index in [1.165, 1.54) is 0 Å². The van der Waals surface area contributed by atoms with Crippen LogP contribution < -0.4 is 20.9 Å². The first-order chi connectivity index (χ1) is 9.19. The summed E-state index contributed by atoms with van der Waals surface area (Å²) in [5, 5.41) is 0. The highest BCUT2D eigenvalue weighted by molar-refractivity contribution is 5.36. The van der Waals surface area contributed by atoms with Gasteiger partial charge in [-0.3, -0.25) is 5.43 Å². The summed E-state index contributed by atoms with van der Waals surface area (Å²) >= 11 is 0. The van der Waals surface area contributed by atoms with E-state index in [0.29, 0.717) is 12.6 Å². The third kappa shape index (κ3) is 3.52. The molecule has 19 heavy (non-hydrogen) atoms. The Kier molecular flexibility index (Phi) is 4.09. The number of hydrogen-bond donors (Lipinski definition) is 2. The first kappa shape index (κ1) is 13.0. The highest BCUT2D eigenvalue weighted by atomic mass is 16.5. The van der Waals surface area contributed by atoms with Gasteiger partial charge in [0.05, 0.1) is 0 Å². The number of benzene rings is 1. The van der Waals surface area contributed by atoms with Gasteiger partial charge in [-0.05, 0) is 5.56 Å². The molecular weight excluding hydrogens is 244 g/mol. The van der Waals surface area contributed by atoms with E-state index in [1.807, 2.05) is 44.4 Å². The number of nitrogens with zero attached hydrogens (tertiary/aromatic N) is 4. The summed E-state index contributed by atoms with van der Waals surface area (Å²) in [5.74, 6) is 6.06. The number of nitrogen functional groups attached to an aromatic ring is 1. The van der Waals surface area contributed by atoms with Crippen LogP contribution in [0, 0.1) is 0 Å². The highest BCUT2D eigenvalue weighted by Crippen LogP contribution is 2.13. The lowest BCUT2D eigenvalue weighted by molar-refractivity contribution is 0.280. The van der Waals surface area contributed by atoms with Gasteiger partial charge in [-0.2, -0.15) is 15.0 Å². The van der Waals surface area contributed by atoms with E-state index in [0.717, 1.165) is 5.56 Å². The van der Waals surface area contributed by atoms with Crippen molar-refractivity contribution in [3.63, 3.8) is 0 Å². The Morgan fingerprint density at radius 2 is 1.89 bits per heavy atom. The van der Waals surface area contributed by atoms with Gasteiger partial charge >= 0.3 is 6.01 Å². The normalized spacial score (nSPS) is 10.1. The first-order valence-electron chi connectivity index (χ1n) is 5.76. The van der Waals surface area contributed by atoms with Crippen molar-refractivity contribution in [2.45, 2.75) is 6.61 Å². The Labute approximate surface area is 111 Å². The lowest BCUT2D eigenvalue weighted by Gasteiger charge is -2.12. The minimum Gasteiger partial charge on any atom is -0.458 e. The van der Waals surface area contributed by atoms with Gasteiger partial charge in [0.1, 0.15) is 6.61 Å². The van der Waals surface area contributed by atoms with Crippen molar-refractivity contribution in [3.8, 4) is 6.01 Å². The molecule has 0 radical (unpaired) electrons. The fraction of sp³-hybridized carbons (Fsp3) is 0.250. The second-order valence-corrected chi connectivity index (χ2v) is 4.05. The number of hydrazine groups is 1. The Bertz CT molecular complexity index is 531. The maximum Gasteiger partial charge on any atom is 0.323 e. The van der Waals surface area contributed by atoms with Gasteiger partial charge in [0.15, 0.2) is 0 Å². The predicted molar refractivity (Wildman–Crippen MR) is 72.7 cm³/mol.